The Bertz CT molecular complexity index is 844. The van der Waals surface area contributed by atoms with Crippen molar-refractivity contribution in [3.05, 3.63) is 72.1 Å². The molecule has 0 fully saturated rings. The van der Waals surface area contributed by atoms with E-state index in [-0.39, 0.29) is 19.0 Å². The van der Waals surface area contributed by atoms with E-state index < -0.39 is 11.6 Å². The molecule has 3 aromatic rings. The van der Waals surface area contributed by atoms with Gasteiger partial charge in [0, 0.05) is 18.2 Å². The monoisotopic (exact) mass is 342 g/mol. The van der Waals surface area contributed by atoms with Gasteiger partial charge in [-0.1, -0.05) is 30.3 Å². The van der Waals surface area contributed by atoms with Crippen LogP contribution in [0.1, 0.15) is 5.56 Å². The van der Waals surface area contributed by atoms with E-state index in [2.05, 4.69) is 15.4 Å². The Morgan fingerprint density at radius 3 is 2.52 bits per heavy atom. The lowest BCUT2D eigenvalue weighted by Gasteiger charge is -2.06. The minimum Gasteiger partial charge on any atom is -0.354 e. The van der Waals surface area contributed by atoms with Gasteiger partial charge in [0.15, 0.2) is 5.82 Å². The number of nitrogens with one attached hydrogen (secondary N) is 1. The van der Waals surface area contributed by atoms with Gasteiger partial charge in [-0.25, -0.2) is 18.4 Å². The molecule has 0 aliphatic heterocycles. The zero-order valence-corrected chi connectivity index (χ0v) is 13.3. The van der Waals surface area contributed by atoms with Crippen LogP contribution in [0.5, 0.6) is 0 Å². The van der Waals surface area contributed by atoms with Crippen LogP contribution >= 0.6 is 0 Å². The molecule has 1 aromatic heterocycles. The highest BCUT2D eigenvalue weighted by atomic mass is 19.1. The van der Waals surface area contributed by atoms with Crippen molar-refractivity contribution in [1.82, 2.24) is 20.1 Å². The first-order chi connectivity index (χ1) is 12.1. The van der Waals surface area contributed by atoms with Gasteiger partial charge in [-0.05, 0) is 24.1 Å². The second-order valence-corrected chi connectivity index (χ2v) is 5.51. The number of rotatable bonds is 6. The quantitative estimate of drug-likeness (QED) is 0.749. The summed E-state index contributed by atoms with van der Waals surface area (Å²) in [5.41, 5.74) is 1.36. The number of carbonyl (C=O) groups excluding carboxylic acids is 1. The standard InChI is InChI=1S/C18H16F2N4O/c19-15-8-13(9-16(20)10-15)6-7-21-17(25)11-24-12-22-18(23-24)14-4-2-1-3-5-14/h1-5,8-10,12H,6-7,11H2,(H,21,25). The van der Waals surface area contributed by atoms with Crippen molar-refractivity contribution in [2.24, 2.45) is 0 Å². The van der Waals surface area contributed by atoms with Crippen molar-refractivity contribution in [3.63, 3.8) is 0 Å². The van der Waals surface area contributed by atoms with Gasteiger partial charge in [-0.3, -0.25) is 4.79 Å². The topological polar surface area (TPSA) is 59.8 Å². The van der Waals surface area contributed by atoms with Gasteiger partial charge >= 0.3 is 0 Å². The predicted octanol–water partition coefficient (Wildman–Crippen LogP) is 2.58. The Labute approximate surface area is 143 Å². The molecule has 2 aromatic carbocycles. The largest absolute Gasteiger partial charge is 0.354 e. The summed E-state index contributed by atoms with van der Waals surface area (Å²) in [5.74, 6) is -0.959. The number of hydrogen-bond donors (Lipinski definition) is 1. The minimum atomic E-state index is -0.627. The predicted molar refractivity (Wildman–Crippen MR) is 88.5 cm³/mol. The van der Waals surface area contributed by atoms with E-state index in [0.29, 0.717) is 17.8 Å². The highest BCUT2D eigenvalue weighted by Gasteiger charge is 2.07. The lowest BCUT2D eigenvalue weighted by molar-refractivity contribution is -0.121. The highest BCUT2D eigenvalue weighted by molar-refractivity contribution is 5.75. The van der Waals surface area contributed by atoms with Crippen LogP contribution in [0.3, 0.4) is 0 Å². The third-order valence-electron chi connectivity index (χ3n) is 3.53. The molecule has 1 heterocycles. The minimum absolute atomic E-state index is 0.0251. The van der Waals surface area contributed by atoms with Gasteiger partial charge in [0.25, 0.3) is 0 Å². The summed E-state index contributed by atoms with van der Waals surface area (Å²) in [6, 6.07) is 12.8. The van der Waals surface area contributed by atoms with Crippen LogP contribution in [-0.4, -0.2) is 27.2 Å². The maximum Gasteiger partial charge on any atom is 0.241 e. The molecule has 1 amide bonds. The Kier molecular flexibility index (Phi) is 5.13. The van der Waals surface area contributed by atoms with Gasteiger partial charge in [0.2, 0.25) is 5.91 Å². The number of hydrogen-bond acceptors (Lipinski definition) is 3. The van der Waals surface area contributed by atoms with Crippen LogP contribution < -0.4 is 5.32 Å². The summed E-state index contributed by atoms with van der Waals surface area (Å²) >= 11 is 0. The fourth-order valence-electron chi connectivity index (χ4n) is 2.39. The van der Waals surface area contributed by atoms with Crippen LogP contribution in [0.2, 0.25) is 0 Å². The van der Waals surface area contributed by atoms with E-state index >= 15 is 0 Å². The molecule has 1 N–H and O–H groups in total. The van der Waals surface area contributed by atoms with Crippen molar-refractivity contribution in [2.75, 3.05) is 6.54 Å². The number of nitrogens with zero attached hydrogens (tertiary/aromatic N) is 3. The number of benzene rings is 2. The van der Waals surface area contributed by atoms with Gasteiger partial charge in [0.1, 0.15) is 24.5 Å². The molecule has 0 radical (unpaired) electrons. The molecule has 5 nitrogen and oxygen atoms in total. The molecule has 0 atom stereocenters. The second kappa shape index (κ2) is 7.65. The first kappa shape index (κ1) is 16.8. The molecule has 128 valence electrons. The normalized spacial score (nSPS) is 10.6. The van der Waals surface area contributed by atoms with Crippen molar-refractivity contribution in [2.45, 2.75) is 13.0 Å². The van der Waals surface area contributed by atoms with Crippen molar-refractivity contribution in [3.8, 4) is 11.4 Å². The zero-order valence-electron chi connectivity index (χ0n) is 13.3. The molecule has 0 saturated heterocycles. The summed E-state index contributed by atoms with van der Waals surface area (Å²) < 4.78 is 27.6. The third-order valence-corrected chi connectivity index (χ3v) is 3.53. The molecule has 0 spiro atoms. The number of aromatic nitrogens is 3. The maximum absolute atomic E-state index is 13.1. The molecule has 25 heavy (non-hydrogen) atoms. The molecule has 0 unspecified atom stereocenters. The summed E-state index contributed by atoms with van der Waals surface area (Å²) in [5, 5.41) is 6.95. The summed E-state index contributed by atoms with van der Waals surface area (Å²) in [6.45, 7) is 0.305. The third kappa shape index (κ3) is 4.69. The molecule has 7 heteroatoms. The zero-order chi connectivity index (χ0) is 17.6. The SMILES string of the molecule is O=C(Cn1cnc(-c2ccccc2)n1)NCCc1cc(F)cc(F)c1. The number of carbonyl (C=O) groups is 1. The van der Waals surface area contributed by atoms with Crippen molar-refractivity contribution in [1.29, 1.82) is 0 Å². The van der Waals surface area contributed by atoms with Gasteiger partial charge in [-0.2, -0.15) is 5.10 Å². The molecular formula is C18H16F2N4O. The molecule has 0 bridgehead atoms. The summed E-state index contributed by atoms with van der Waals surface area (Å²) in [4.78, 5) is 16.1. The van der Waals surface area contributed by atoms with E-state index in [0.717, 1.165) is 11.6 Å². The van der Waals surface area contributed by atoms with E-state index in [1.807, 2.05) is 30.3 Å². The Balaban J connectivity index is 1.50. The van der Waals surface area contributed by atoms with E-state index in [9.17, 15) is 13.6 Å². The van der Waals surface area contributed by atoms with Crippen molar-refractivity contribution < 1.29 is 13.6 Å². The molecule has 0 saturated carbocycles. The highest BCUT2D eigenvalue weighted by Crippen LogP contribution is 2.12. The van der Waals surface area contributed by atoms with Crippen LogP contribution in [-0.2, 0) is 17.8 Å². The smallest absolute Gasteiger partial charge is 0.241 e. The van der Waals surface area contributed by atoms with Gasteiger partial charge in [0.05, 0.1) is 0 Å². The number of halogens is 2. The molecule has 3 rings (SSSR count). The number of amides is 1. The first-order valence-corrected chi connectivity index (χ1v) is 7.77. The fourth-order valence-corrected chi connectivity index (χ4v) is 2.39. The van der Waals surface area contributed by atoms with E-state index in [1.165, 1.54) is 23.1 Å². The van der Waals surface area contributed by atoms with Gasteiger partial charge in [-0.15, -0.1) is 0 Å². The Morgan fingerprint density at radius 1 is 1.08 bits per heavy atom. The summed E-state index contributed by atoms with van der Waals surface area (Å²) in [6.07, 6.45) is 1.83. The first-order valence-electron chi connectivity index (χ1n) is 7.77. The summed E-state index contributed by atoms with van der Waals surface area (Å²) in [7, 11) is 0. The molecule has 0 aliphatic carbocycles. The second-order valence-electron chi connectivity index (χ2n) is 5.51. The lowest BCUT2D eigenvalue weighted by atomic mass is 10.1. The van der Waals surface area contributed by atoms with Gasteiger partial charge < -0.3 is 5.32 Å². The lowest BCUT2D eigenvalue weighted by Crippen LogP contribution is -2.29. The average Bonchev–Trinajstić information content (AvgIpc) is 3.03. The molecular weight excluding hydrogens is 326 g/mol. The van der Waals surface area contributed by atoms with E-state index in [4.69, 9.17) is 0 Å². The van der Waals surface area contributed by atoms with Crippen LogP contribution in [0.4, 0.5) is 8.78 Å². The van der Waals surface area contributed by atoms with Crippen LogP contribution in [0.15, 0.2) is 54.9 Å². The fraction of sp³-hybridized carbons (Fsp3) is 0.167. The Morgan fingerprint density at radius 2 is 1.80 bits per heavy atom. The van der Waals surface area contributed by atoms with Crippen molar-refractivity contribution >= 4 is 5.91 Å². The molecule has 0 aliphatic rings. The van der Waals surface area contributed by atoms with Crippen LogP contribution in [0, 0.1) is 11.6 Å². The maximum atomic E-state index is 13.1. The van der Waals surface area contributed by atoms with Crippen LogP contribution in [0.25, 0.3) is 11.4 Å². The Hall–Kier alpha value is -3.09. The average molecular weight is 342 g/mol. The van der Waals surface area contributed by atoms with E-state index in [1.54, 1.807) is 0 Å².